The van der Waals surface area contributed by atoms with Crippen molar-refractivity contribution in [1.82, 2.24) is 9.88 Å². The van der Waals surface area contributed by atoms with Gasteiger partial charge < -0.3 is 19.4 Å². The molecule has 12 nitrogen and oxygen atoms in total. The predicted octanol–water partition coefficient (Wildman–Crippen LogP) is 3.26. The van der Waals surface area contributed by atoms with E-state index in [-0.39, 0.29) is 63.8 Å². The Labute approximate surface area is 264 Å². The number of morpholine rings is 1. The first-order valence-electron chi connectivity index (χ1n) is 14.9. The highest BCUT2D eigenvalue weighted by Gasteiger charge is 2.69. The standard InChI is InChI=1S/C31H28N4O8S2/c36-21(33-9-11-42-12-10-33)14-43-18-7-1-15(2-8-18)22-23-19-13-20(26(23)44-28-27(22)45-31(39)32-28)25-24(19)29(37)34(30(25)38)16-3-5-17(6-4-16)35(40)41/h1-8,19-20,22-26H,9-14H2,(H,32,39)/t19-,20-,22-,23?,24?,25?,26?/m1/s1. The van der Waals surface area contributed by atoms with Crippen molar-refractivity contribution in [3.63, 3.8) is 0 Å². The molecule has 4 unspecified atom stereocenters. The number of nitrogens with zero attached hydrogens (tertiary/aromatic N) is 3. The van der Waals surface area contributed by atoms with Crippen LogP contribution in [0.25, 0.3) is 0 Å². The molecule has 0 radical (unpaired) electrons. The van der Waals surface area contributed by atoms with Gasteiger partial charge >= 0.3 is 4.87 Å². The average Bonchev–Trinajstić information content (AvgIpc) is 3.79. The topological polar surface area (TPSA) is 152 Å². The van der Waals surface area contributed by atoms with E-state index < -0.39 is 16.8 Å². The van der Waals surface area contributed by atoms with Crippen LogP contribution in [0.4, 0.5) is 11.4 Å². The fourth-order valence-electron chi connectivity index (χ4n) is 8.19. The summed E-state index contributed by atoms with van der Waals surface area (Å²) >= 11 is 2.80. The quantitative estimate of drug-likeness (QED) is 0.241. The molecule has 0 spiro atoms. The maximum atomic E-state index is 13.9. The molecule has 2 aliphatic carbocycles. The Bertz CT molecular complexity index is 1770. The number of hydrogen-bond donors (Lipinski definition) is 1. The Hall–Kier alpha value is -4.01. The highest BCUT2D eigenvalue weighted by molar-refractivity contribution is 8.00. The molecule has 4 heterocycles. The van der Waals surface area contributed by atoms with Gasteiger partial charge in [-0.15, -0.1) is 11.8 Å². The van der Waals surface area contributed by atoms with Crippen molar-refractivity contribution in [2.45, 2.75) is 22.6 Å². The molecule has 45 heavy (non-hydrogen) atoms. The largest absolute Gasteiger partial charge is 0.484 e. The molecule has 8 rings (SSSR count). The minimum Gasteiger partial charge on any atom is -0.484 e. The lowest BCUT2D eigenvalue weighted by Crippen LogP contribution is -2.43. The summed E-state index contributed by atoms with van der Waals surface area (Å²) in [6.07, 6.45) is 0.754. The number of non-ortho nitro benzene ring substituents is 1. The number of nitro groups is 1. The molecular weight excluding hydrogens is 620 g/mol. The summed E-state index contributed by atoms with van der Waals surface area (Å²) < 4.78 is 11.1. The van der Waals surface area contributed by atoms with E-state index in [1.54, 1.807) is 16.7 Å². The number of thioether (sulfide) groups is 1. The van der Waals surface area contributed by atoms with Crippen LogP contribution in [0.15, 0.2) is 58.4 Å². The van der Waals surface area contributed by atoms with E-state index in [9.17, 15) is 29.3 Å². The molecule has 1 N–H and O–H groups in total. The van der Waals surface area contributed by atoms with Gasteiger partial charge in [-0.25, -0.2) is 0 Å². The van der Waals surface area contributed by atoms with E-state index >= 15 is 0 Å². The number of aromatic amines is 1. The molecule has 3 amide bonds. The van der Waals surface area contributed by atoms with Gasteiger partial charge in [-0.05, 0) is 54.0 Å². The van der Waals surface area contributed by atoms with E-state index in [2.05, 4.69) is 4.98 Å². The van der Waals surface area contributed by atoms with Crippen LogP contribution >= 0.6 is 23.1 Å². The van der Waals surface area contributed by atoms with Crippen molar-refractivity contribution in [3.8, 4) is 5.75 Å². The van der Waals surface area contributed by atoms with Crippen LogP contribution < -0.4 is 14.5 Å². The number of carbonyl (C=O) groups excluding carboxylic acids is 3. The van der Waals surface area contributed by atoms with Gasteiger partial charge in [0.05, 0.1) is 40.7 Å². The lowest BCUT2D eigenvalue weighted by atomic mass is 9.68. The van der Waals surface area contributed by atoms with E-state index in [0.717, 1.165) is 21.9 Å². The smallest absolute Gasteiger partial charge is 0.305 e. The minimum absolute atomic E-state index is 0.0310. The number of imide groups is 1. The zero-order chi connectivity index (χ0) is 31.0. The monoisotopic (exact) mass is 648 g/mol. The molecule has 2 bridgehead atoms. The maximum absolute atomic E-state index is 13.9. The molecule has 5 aliphatic rings. The van der Waals surface area contributed by atoms with Crippen LogP contribution in [-0.2, 0) is 19.1 Å². The van der Waals surface area contributed by atoms with Gasteiger partial charge in [0.1, 0.15) is 5.75 Å². The third-order valence-electron chi connectivity index (χ3n) is 10.0. The Balaban J connectivity index is 1.07. The number of H-pyrrole nitrogens is 1. The molecular formula is C31H28N4O8S2. The minimum atomic E-state index is -0.513. The van der Waals surface area contributed by atoms with Gasteiger partial charge in [0.2, 0.25) is 11.8 Å². The summed E-state index contributed by atoms with van der Waals surface area (Å²) in [6, 6.07) is 13.1. The second-order valence-corrected chi connectivity index (χ2v) is 14.3. The number of nitrogens with one attached hydrogen (secondary N) is 1. The lowest BCUT2D eigenvalue weighted by Gasteiger charge is -2.43. The molecule has 3 aliphatic heterocycles. The summed E-state index contributed by atoms with van der Waals surface area (Å²) in [5, 5.41) is 12.0. The molecule has 7 atom stereocenters. The molecule has 232 valence electrons. The van der Waals surface area contributed by atoms with Crippen LogP contribution in [0.3, 0.4) is 0 Å². The van der Waals surface area contributed by atoms with Crippen LogP contribution in [-0.4, -0.2) is 70.7 Å². The average molecular weight is 649 g/mol. The first kappa shape index (κ1) is 28.5. The third kappa shape index (κ3) is 4.52. The molecule has 2 saturated carbocycles. The van der Waals surface area contributed by atoms with Gasteiger partial charge in [-0.2, -0.15) is 0 Å². The van der Waals surface area contributed by atoms with E-state index in [0.29, 0.717) is 37.7 Å². The number of nitro benzene ring substituents is 1. The first-order chi connectivity index (χ1) is 21.8. The number of anilines is 1. The van der Waals surface area contributed by atoms with E-state index in [4.69, 9.17) is 9.47 Å². The Morgan fingerprint density at radius 3 is 2.38 bits per heavy atom. The summed E-state index contributed by atoms with van der Waals surface area (Å²) in [4.78, 5) is 70.2. The highest BCUT2D eigenvalue weighted by atomic mass is 32.2. The Morgan fingerprint density at radius 1 is 1.00 bits per heavy atom. The van der Waals surface area contributed by atoms with Gasteiger partial charge in [0.25, 0.3) is 11.6 Å². The SMILES string of the molecule is O=C(COc1ccc([C@H]2c3sc(=O)[nH]c3SC3C2[C@H]2C[C@@H]3C3C(=O)N(c4ccc([N+](=O)[O-])cc4)C(=O)C32)cc1)N1CCOCC1. The van der Waals surface area contributed by atoms with Gasteiger partial charge in [-0.3, -0.25) is 34.2 Å². The second-order valence-electron chi connectivity index (χ2n) is 12.1. The van der Waals surface area contributed by atoms with Crippen molar-refractivity contribution >= 4 is 52.2 Å². The zero-order valence-corrected chi connectivity index (χ0v) is 25.5. The third-order valence-corrected chi connectivity index (χ3v) is 12.6. The van der Waals surface area contributed by atoms with Crippen molar-refractivity contribution in [1.29, 1.82) is 0 Å². The number of hydrogen-bond acceptors (Lipinski definition) is 10. The number of carbonyl (C=O) groups is 3. The van der Waals surface area contributed by atoms with E-state index in [1.807, 2.05) is 24.3 Å². The Morgan fingerprint density at radius 2 is 1.69 bits per heavy atom. The molecule has 14 heteroatoms. The van der Waals surface area contributed by atoms with E-state index in [1.165, 1.54) is 40.5 Å². The fraction of sp³-hybridized carbons (Fsp3) is 0.419. The van der Waals surface area contributed by atoms with Crippen LogP contribution in [0, 0.1) is 39.7 Å². The number of rotatable bonds is 6. The summed E-state index contributed by atoms with van der Waals surface area (Å²) in [5.41, 5.74) is 1.23. The summed E-state index contributed by atoms with van der Waals surface area (Å²) in [6.45, 7) is 2.08. The summed E-state index contributed by atoms with van der Waals surface area (Å²) in [5.74, 6) is -1.19. The molecule has 4 fully saturated rings. The predicted molar refractivity (Wildman–Crippen MR) is 163 cm³/mol. The lowest BCUT2D eigenvalue weighted by molar-refractivity contribution is -0.384. The van der Waals surface area contributed by atoms with Gasteiger partial charge in [0, 0.05) is 41.3 Å². The maximum Gasteiger partial charge on any atom is 0.305 e. The molecule has 2 aromatic carbocycles. The first-order valence-corrected chi connectivity index (χ1v) is 16.6. The number of ether oxygens (including phenoxy) is 2. The second kappa shape index (κ2) is 10.8. The van der Waals surface area contributed by atoms with Crippen molar-refractivity contribution in [3.05, 3.63) is 78.8 Å². The number of benzene rings is 2. The van der Waals surface area contributed by atoms with Crippen molar-refractivity contribution in [2.75, 3.05) is 37.8 Å². The Kier molecular flexibility index (Phi) is 6.84. The van der Waals surface area contributed by atoms with Crippen LogP contribution in [0.2, 0.25) is 0 Å². The van der Waals surface area contributed by atoms with Crippen molar-refractivity contribution < 1.29 is 28.8 Å². The van der Waals surface area contributed by atoms with Crippen molar-refractivity contribution in [2.24, 2.45) is 29.6 Å². The number of fused-ring (bicyclic) bond motifs is 9. The highest BCUT2D eigenvalue weighted by Crippen LogP contribution is 2.68. The number of thiazole rings is 1. The van der Waals surface area contributed by atoms with Gasteiger partial charge in [-0.1, -0.05) is 23.5 Å². The number of aromatic nitrogens is 1. The number of amides is 3. The van der Waals surface area contributed by atoms with Crippen LogP contribution in [0.1, 0.15) is 22.8 Å². The zero-order valence-electron chi connectivity index (χ0n) is 23.8. The normalized spacial score (nSPS) is 29.8. The molecule has 1 aromatic heterocycles. The molecule has 2 saturated heterocycles. The summed E-state index contributed by atoms with van der Waals surface area (Å²) in [7, 11) is 0. The van der Waals surface area contributed by atoms with Crippen LogP contribution in [0.5, 0.6) is 5.75 Å². The fourth-order valence-corrected chi connectivity index (χ4v) is 11.1. The molecule has 3 aromatic rings. The van der Waals surface area contributed by atoms with Gasteiger partial charge in [0.15, 0.2) is 6.61 Å².